The highest BCUT2D eigenvalue weighted by Gasteiger charge is 2.34. The van der Waals surface area contributed by atoms with E-state index in [-0.39, 0.29) is 16.4 Å². The molecule has 1 heterocycles. The number of hydrogen-bond acceptors (Lipinski definition) is 3. The molecule has 4 heteroatoms. The molecule has 0 atom stereocenters. The summed E-state index contributed by atoms with van der Waals surface area (Å²) in [6.45, 7) is 14.4. The normalized spacial score (nSPS) is 15.4. The Balaban J connectivity index is 2.18. The van der Waals surface area contributed by atoms with E-state index in [0.29, 0.717) is 0 Å². The van der Waals surface area contributed by atoms with Crippen LogP contribution in [0.2, 0.25) is 0 Å². The van der Waals surface area contributed by atoms with Gasteiger partial charge in [-0.05, 0) is 65.0 Å². The fourth-order valence-electron chi connectivity index (χ4n) is 4.02. The van der Waals surface area contributed by atoms with Crippen LogP contribution < -0.4 is 4.90 Å². The summed E-state index contributed by atoms with van der Waals surface area (Å²) in [7, 11) is 0. The van der Waals surface area contributed by atoms with E-state index in [9.17, 15) is 9.90 Å². The van der Waals surface area contributed by atoms with E-state index in [1.165, 1.54) is 28.6 Å². The first-order chi connectivity index (χ1) is 13.0. The van der Waals surface area contributed by atoms with Crippen molar-refractivity contribution in [2.75, 3.05) is 11.4 Å². The highest BCUT2D eigenvalue weighted by atomic mass is 16.4. The first-order valence-corrected chi connectivity index (χ1v) is 10.2. The van der Waals surface area contributed by atoms with Crippen molar-refractivity contribution >= 4 is 17.5 Å². The molecule has 2 aromatic rings. The molecule has 0 saturated heterocycles. The molecule has 4 nitrogen and oxygen atoms in total. The number of benzene rings is 1. The van der Waals surface area contributed by atoms with Gasteiger partial charge < -0.3 is 10.0 Å². The molecule has 3 rings (SSSR count). The number of aromatic nitrogens is 1. The van der Waals surface area contributed by atoms with Crippen LogP contribution in [-0.4, -0.2) is 22.6 Å². The fraction of sp³-hybridized carbons (Fsp3) is 0.500. The molecule has 150 valence electrons. The van der Waals surface area contributed by atoms with Crippen molar-refractivity contribution < 1.29 is 9.90 Å². The lowest BCUT2D eigenvalue weighted by Gasteiger charge is -2.31. The number of pyridine rings is 1. The average molecular weight is 381 g/mol. The van der Waals surface area contributed by atoms with Gasteiger partial charge in [-0.3, -0.25) is 0 Å². The summed E-state index contributed by atoms with van der Waals surface area (Å²) in [6, 6.07) is 8.19. The molecule has 1 N–H and O–H groups in total. The maximum Gasteiger partial charge on any atom is 0.337 e. The summed E-state index contributed by atoms with van der Waals surface area (Å²) in [6.07, 6.45) is 4.65. The lowest BCUT2D eigenvalue weighted by Crippen LogP contribution is -2.23. The number of carboxylic acid groups (broad SMARTS) is 1. The van der Waals surface area contributed by atoms with E-state index in [1.807, 2.05) is 6.07 Å². The number of anilines is 2. The Hall–Kier alpha value is -2.36. The molecule has 0 unspecified atom stereocenters. The Bertz CT molecular complexity index is 877. The molecular formula is C24H32N2O2. The molecule has 0 saturated carbocycles. The number of aromatic carboxylic acids is 1. The van der Waals surface area contributed by atoms with Crippen LogP contribution in [0.25, 0.3) is 0 Å². The molecule has 0 bridgehead atoms. The molecule has 0 radical (unpaired) electrons. The standard InChI is InChI=1S/C24H32N2O2/c1-7-12-26(21-9-8-16(15-25-21)22(27)28)20-14-17(23(2,3)4)13-19-18(20)10-11-24(19,5)6/h8-9,13-15H,7,10-12H2,1-6H3,(H,27,28). The van der Waals surface area contributed by atoms with E-state index in [4.69, 9.17) is 0 Å². The summed E-state index contributed by atoms with van der Waals surface area (Å²) >= 11 is 0. The maximum atomic E-state index is 11.2. The first kappa shape index (κ1) is 20.4. The lowest BCUT2D eigenvalue weighted by atomic mass is 9.80. The van der Waals surface area contributed by atoms with Gasteiger partial charge in [0.2, 0.25) is 0 Å². The number of rotatable bonds is 5. The zero-order valence-corrected chi connectivity index (χ0v) is 18.0. The van der Waals surface area contributed by atoms with Crippen molar-refractivity contribution in [3.05, 3.63) is 52.7 Å². The Morgan fingerprint density at radius 1 is 1.25 bits per heavy atom. The Morgan fingerprint density at radius 2 is 1.96 bits per heavy atom. The third-order valence-corrected chi connectivity index (χ3v) is 5.83. The van der Waals surface area contributed by atoms with Gasteiger partial charge in [0, 0.05) is 18.4 Å². The van der Waals surface area contributed by atoms with Gasteiger partial charge in [-0.2, -0.15) is 0 Å². The smallest absolute Gasteiger partial charge is 0.337 e. The molecule has 0 spiro atoms. The van der Waals surface area contributed by atoms with Gasteiger partial charge in [-0.1, -0.05) is 47.6 Å². The van der Waals surface area contributed by atoms with Crippen LogP contribution in [0.4, 0.5) is 11.5 Å². The highest BCUT2D eigenvalue weighted by molar-refractivity contribution is 5.87. The largest absolute Gasteiger partial charge is 0.478 e. The molecule has 0 amide bonds. The minimum absolute atomic E-state index is 0.0565. The van der Waals surface area contributed by atoms with Crippen molar-refractivity contribution in [3.63, 3.8) is 0 Å². The molecule has 0 fully saturated rings. The summed E-state index contributed by atoms with van der Waals surface area (Å²) in [4.78, 5) is 18.0. The Kier molecular flexibility index (Phi) is 5.26. The molecular weight excluding hydrogens is 348 g/mol. The fourth-order valence-corrected chi connectivity index (χ4v) is 4.02. The number of carboxylic acids is 1. The number of nitrogens with zero attached hydrogens (tertiary/aromatic N) is 2. The average Bonchev–Trinajstić information content (AvgIpc) is 2.94. The van der Waals surface area contributed by atoms with Crippen molar-refractivity contribution in [3.8, 4) is 0 Å². The summed E-state index contributed by atoms with van der Waals surface area (Å²) in [5.74, 6) is -0.136. The van der Waals surface area contributed by atoms with Gasteiger partial charge in [0.05, 0.1) is 5.56 Å². The predicted octanol–water partition coefficient (Wildman–Crippen LogP) is 5.85. The van der Waals surface area contributed by atoms with Crippen molar-refractivity contribution in [2.24, 2.45) is 0 Å². The highest BCUT2D eigenvalue weighted by Crippen LogP contribution is 2.46. The SMILES string of the molecule is CCCN(c1ccc(C(=O)O)cn1)c1cc(C(C)(C)C)cc2c1CCC2(C)C. The number of fused-ring (bicyclic) bond motifs is 1. The maximum absolute atomic E-state index is 11.2. The van der Waals surface area contributed by atoms with Gasteiger partial charge in [0.1, 0.15) is 5.82 Å². The zero-order chi connectivity index (χ0) is 20.7. The number of carbonyl (C=O) groups is 1. The minimum Gasteiger partial charge on any atom is -0.478 e. The topological polar surface area (TPSA) is 53.4 Å². The third kappa shape index (κ3) is 3.78. The number of hydrogen-bond donors (Lipinski definition) is 1. The zero-order valence-electron chi connectivity index (χ0n) is 18.0. The molecule has 28 heavy (non-hydrogen) atoms. The second-order valence-electron chi connectivity index (χ2n) is 9.52. The van der Waals surface area contributed by atoms with Crippen LogP contribution >= 0.6 is 0 Å². The Labute approximate surface area is 168 Å². The van der Waals surface area contributed by atoms with E-state index >= 15 is 0 Å². The van der Waals surface area contributed by atoms with E-state index in [2.05, 4.69) is 63.6 Å². The van der Waals surface area contributed by atoms with Gasteiger partial charge in [0.25, 0.3) is 0 Å². The minimum atomic E-state index is -0.946. The van der Waals surface area contributed by atoms with Gasteiger partial charge in [-0.25, -0.2) is 9.78 Å². The molecule has 1 aliphatic rings. The second kappa shape index (κ2) is 7.23. The van der Waals surface area contributed by atoms with Gasteiger partial charge >= 0.3 is 5.97 Å². The lowest BCUT2D eigenvalue weighted by molar-refractivity contribution is 0.0696. The van der Waals surface area contributed by atoms with Crippen LogP contribution in [0, 0.1) is 0 Å². The first-order valence-electron chi connectivity index (χ1n) is 10.2. The van der Waals surface area contributed by atoms with Gasteiger partial charge in [-0.15, -0.1) is 0 Å². The second-order valence-corrected chi connectivity index (χ2v) is 9.52. The molecule has 0 aliphatic heterocycles. The van der Waals surface area contributed by atoms with Crippen LogP contribution in [0.1, 0.15) is 81.4 Å². The van der Waals surface area contributed by atoms with Crippen LogP contribution in [0.5, 0.6) is 0 Å². The van der Waals surface area contributed by atoms with E-state index in [0.717, 1.165) is 31.6 Å². The van der Waals surface area contributed by atoms with E-state index in [1.54, 1.807) is 6.07 Å². The third-order valence-electron chi connectivity index (χ3n) is 5.83. The Morgan fingerprint density at radius 3 is 2.50 bits per heavy atom. The van der Waals surface area contributed by atoms with E-state index < -0.39 is 5.97 Å². The molecule has 1 aromatic heterocycles. The van der Waals surface area contributed by atoms with Crippen LogP contribution in [0.15, 0.2) is 30.5 Å². The summed E-state index contributed by atoms with van der Waals surface area (Å²) in [5.41, 5.74) is 5.86. The van der Waals surface area contributed by atoms with Crippen molar-refractivity contribution in [2.45, 2.75) is 71.6 Å². The molecule has 1 aromatic carbocycles. The summed E-state index contributed by atoms with van der Waals surface area (Å²) in [5, 5.41) is 9.19. The predicted molar refractivity (Wildman–Crippen MR) is 115 cm³/mol. The monoisotopic (exact) mass is 380 g/mol. The van der Waals surface area contributed by atoms with Crippen LogP contribution in [0.3, 0.4) is 0 Å². The summed E-state index contributed by atoms with van der Waals surface area (Å²) < 4.78 is 0. The molecule has 1 aliphatic carbocycles. The van der Waals surface area contributed by atoms with Gasteiger partial charge in [0.15, 0.2) is 0 Å². The van der Waals surface area contributed by atoms with Crippen LogP contribution in [-0.2, 0) is 17.3 Å². The quantitative estimate of drug-likeness (QED) is 0.707. The van der Waals surface area contributed by atoms with Crippen molar-refractivity contribution in [1.82, 2.24) is 4.98 Å². The van der Waals surface area contributed by atoms with Crippen molar-refractivity contribution in [1.29, 1.82) is 0 Å².